The third-order valence-electron chi connectivity index (χ3n) is 3.91. The number of benzene rings is 1. The molecule has 0 bridgehead atoms. The van der Waals surface area contributed by atoms with Crippen molar-refractivity contribution in [2.75, 3.05) is 33.2 Å². The number of halogens is 1. The molecule has 1 aliphatic rings. The lowest BCUT2D eigenvalue weighted by Gasteiger charge is -2.37. The minimum Gasteiger partial charge on any atom is -0.481 e. The Balaban J connectivity index is 2.22. The van der Waals surface area contributed by atoms with E-state index in [1.807, 2.05) is 0 Å². The lowest BCUT2D eigenvalue weighted by molar-refractivity contribution is -0.138. The van der Waals surface area contributed by atoms with Gasteiger partial charge in [0.15, 0.2) is 0 Å². The van der Waals surface area contributed by atoms with Gasteiger partial charge in [0.2, 0.25) is 0 Å². The van der Waals surface area contributed by atoms with Crippen LogP contribution in [0.2, 0.25) is 0 Å². The van der Waals surface area contributed by atoms with Crippen LogP contribution >= 0.6 is 0 Å². The van der Waals surface area contributed by atoms with Gasteiger partial charge in [0.25, 0.3) is 0 Å². The molecule has 0 amide bonds. The van der Waals surface area contributed by atoms with E-state index in [4.69, 9.17) is 5.11 Å². The number of carboxylic acid groups (broad SMARTS) is 1. The molecule has 1 heterocycles. The Morgan fingerprint density at radius 3 is 2.55 bits per heavy atom. The fraction of sp³-hybridized carbons (Fsp3) is 0.533. The van der Waals surface area contributed by atoms with Crippen molar-refractivity contribution >= 4 is 5.97 Å². The second-order valence-corrected chi connectivity index (χ2v) is 5.46. The molecular formula is C15H21FN2O2. The summed E-state index contributed by atoms with van der Waals surface area (Å²) >= 11 is 0. The van der Waals surface area contributed by atoms with E-state index in [0.29, 0.717) is 5.56 Å². The van der Waals surface area contributed by atoms with Crippen molar-refractivity contribution in [3.8, 4) is 0 Å². The van der Waals surface area contributed by atoms with Crippen LogP contribution in [0.5, 0.6) is 0 Å². The summed E-state index contributed by atoms with van der Waals surface area (Å²) in [6.45, 7) is 5.24. The molecule has 1 N–H and O–H groups in total. The van der Waals surface area contributed by atoms with Gasteiger partial charge >= 0.3 is 5.97 Å². The summed E-state index contributed by atoms with van der Waals surface area (Å²) in [6.07, 6.45) is 0.0504. The van der Waals surface area contributed by atoms with Crippen molar-refractivity contribution in [2.45, 2.75) is 19.4 Å². The van der Waals surface area contributed by atoms with Gasteiger partial charge in [-0.05, 0) is 31.2 Å². The number of nitrogens with zero attached hydrogens (tertiary/aromatic N) is 2. The highest BCUT2D eigenvalue weighted by molar-refractivity contribution is 5.68. The number of hydrogen-bond donors (Lipinski definition) is 1. The number of hydrogen-bond acceptors (Lipinski definition) is 3. The summed E-state index contributed by atoms with van der Waals surface area (Å²) in [4.78, 5) is 15.5. The van der Waals surface area contributed by atoms with Crippen molar-refractivity contribution in [3.63, 3.8) is 0 Å². The number of piperazine rings is 1. The highest BCUT2D eigenvalue weighted by atomic mass is 19.1. The number of likely N-dealkylation sites (N-methyl/N-ethyl adjacent to an activating group) is 1. The molecule has 5 heteroatoms. The van der Waals surface area contributed by atoms with Crippen molar-refractivity contribution < 1.29 is 14.3 Å². The number of carbonyl (C=O) groups is 1. The zero-order chi connectivity index (χ0) is 14.7. The summed E-state index contributed by atoms with van der Waals surface area (Å²) in [6, 6.07) is 4.71. The molecule has 1 unspecified atom stereocenters. The van der Waals surface area contributed by atoms with Crippen LogP contribution in [0.3, 0.4) is 0 Å². The molecule has 0 aromatic heterocycles. The first-order chi connectivity index (χ1) is 9.47. The van der Waals surface area contributed by atoms with Crippen LogP contribution in [-0.2, 0) is 4.79 Å². The van der Waals surface area contributed by atoms with E-state index in [0.717, 1.165) is 31.7 Å². The summed E-state index contributed by atoms with van der Waals surface area (Å²) in [5.74, 6) is -1.07. The molecule has 1 atom stereocenters. The normalized spacial score (nSPS) is 18.9. The SMILES string of the molecule is Cc1cc(C(CC(=O)O)N2CCN(C)CC2)ccc1F. The zero-order valence-electron chi connectivity index (χ0n) is 12.0. The van der Waals surface area contributed by atoms with Gasteiger partial charge in [0.1, 0.15) is 5.82 Å². The van der Waals surface area contributed by atoms with Crippen LogP contribution < -0.4 is 0 Å². The summed E-state index contributed by atoms with van der Waals surface area (Å²) < 4.78 is 13.4. The Bertz CT molecular complexity index is 485. The highest BCUT2D eigenvalue weighted by Crippen LogP contribution is 2.27. The molecule has 1 aliphatic heterocycles. The van der Waals surface area contributed by atoms with Crippen LogP contribution in [0.4, 0.5) is 4.39 Å². The molecule has 1 aromatic carbocycles. The fourth-order valence-electron chi connectivity index (χ4n) is 2.63. The quantitative estimate of drug-likeness (QED) is 0.915. The lowest BCUT2D eigenvalue weighted by Crippen LogP contribution is -2.46. The first-order valence-electron chi connectivity index (χ1n) is 6.88. The lowest BCUT2D eigenvalue weighted by atomic mass is 9.99. The molecule has 0 aliphatic carbocycles. The van der Waals surface area contributed by atoms with Gasteiger partial charge in [-0.1, -0.05) is 12.1 Å². The van der Waals surface area contributed by atoms with Gasteiger partial charge in [-0.2, -0.15) is 0 Å². The van der Waals surface area contributed by atoms with Crippen LogP contribution in [0.15, 0.2) is 18.2 Å². The average molecular weight is 280 g/mol. The molecule has 4 nitrogen and oxygen atoms in total. The second-order valence-electron chi connectivity index (χ2n) is 5.46. The van der Waals surface area contributed by atoms with Crippen LogP contribution in [0, 0.1) is 12.7 Å². The maximum Gasteiger partial charge on any atom is 0.305 e. The summed E-state index contributed by atoms with van der Waals surface area (Å²) in [5.41, 5.74) is 1.45. The van der Waals surface area contributed by atoms with E-state index in [1.54, 1.807) is 19.1 Å². The minimum atomic E-state index is -0.823. The second kappa shape index (κ2) is 6.33. The smallest absolute Gasteiger partial charge is 0.305 e. The van der Waals surface area contributed by atoms with Gasteiger partial charge in [-0.3, -0.25) is 9.69 Å². The molecular weight excluding hydrogens is 259 g/mol. The number of carboxylic acids is 1. The van der Waals surface area contributed by atoms with Crippen LogP contribution in [0.25, 0.3) is 0 Å². The van der Waals surface area contributed by atoms with Crippen LogP contribution in [-0.4, -0.2) is 54.1 Å². The first-order valence-corrected chi connectivity index (χ1v) is 6.88. The Labute approximate surface area is 118 Å². The van der Waals surface area contributed by atoms with Gasteiger partial charge in [-0.25, -0.2) is 4.39 Å². The molecule has 2 rings (SSSR count). The summed E-state index contributed by atoms with van der Waals surface area (Å²) in [7, 11) is 2.06. The Morgan fingerprint density at radius 1 is 1.35 bits per heavy atom. The molecule has 0 radical (unpaired) electrons. The van der Waals surface area contributed by atoms with Gasteiger partial charge in [-0.15, -0.1) is 0 Å². The molecule has 0 spiro atoms. The van der Waals surface area contributed by atoms with E-state index in [-0.39, 0.29) is 18.3 Å². The van der Waals surface area contributed by atoms with Gasteiger partial charge in [0, 0.05) is 32.2 Å². The van der Waals surface area contributed by atoms with Crippen LogP contribution in [0.1, 0.15) is 23.6 Å². The predicted octanol–water partition coefficient (Wildman–Crippen LogP) is 1.90. The number of rotatable bonds is 4. The van der Waals surface area contributed by atoms with Crippen molar-refractivity contribution in [2.24, 2.45) is 0 Å². The van der Waals surface area contributed by atoms with E-state index in [2.05, 4.69) is 16.8 Å². The summed E-state index contributed by atoms with van der Waals surface area (Å²) in [5, 5.41) is 9.14. The van der Waals surface area contributed by atoms with E-state index in [9.17, 15) is 9.18 Å². The molecule has 110 valence electrons. The fourth-order valence-corrected chi connectivity index (χ4v) is 2.63. The topological polar surface area (TPSA) is 43.8 Å². The largest absolute Gasteiger partial charge is 0.481 e. The number of aliphatic carboxylic acids is 1. The molecule has 0 saturated carbocycles. The maximum atomic E-state index is 13.4. The van der Waals surface area contributed by atoms with E-state index >= 15 is 0 Å². The third-order valence-corrected chi connectivity index (χ3v) is 3.91. The van der Waals surface area contributed by atoms with E-state index < -0.39 is 5.97 Å². The molecule has 1 aromatic rings. The van der Waals surface area contributed by atoms with Crippen molar-refractivity contribution in [3.05, 3.63) is 35.1 Å². The first kappa shape index (κ1) is 14.9. The minimum absolute atomic E-state index is 0.0504. The average Bonchev–Trinajstić information content (AvgIpc) is 2.40. The van der Waals surface area contributed by atoms with Gasteiger partial charge in [0.05, 0.1) is 6.42 Å². The highest BCUT2D eigenvalue weighted by Gasteiger charge is 2.26. The molecule has 1 fully saturated rings. The predicted molar refractivity (Wildman–Crippen MR) is 75.2 cm³/mol. The standard InChI is InChI=1S/C15H21FN2O2/c1-11-9-12(3-4-13(11)16)14(10-15(19)20)18-7-5-17(2)6-8-18/h3-4,9,14H,5-8,10H2,1-2H3,(H,19,20). The Hall–Kier alpha value is -1.46. The maximum absolute atomic E-state index is 13.4. The third kappa shape index (κ3) is 3.55. The Morgan fingerprint density at radius 2 is 2.00 bits per heavy atom. The van der Waals surface area contributed by atoms with Crippen molar-refractivity contribution in [1.29, 1.82) is 0 Å². The van der Waals surface area contributed by atoms with Gasteiger partial charge < -0.3 is 10.0 Å². The monoisotopic (exact) mass is 280 g/mol. The number of aryl methyl sites for hydroxylation is 1. The Kier molecular flexibility index (Phi) is 4.73. The molecule has 1 saturated heterocycles. The zero-order valence-corrected chi connectivity index (χ0v) is 12.0. The van der Waals surface area contributed by atoms with Crippen molar-refractivity contribution in [1.82, 2.24) is 9.80 Å². The van der Waals surface area contributed by atoms with E-state index in [1.165, 1.54) is 6.07 Å². The molecule has 20 heavy (non-hydrogen) atoms.